The molecule has 2 saturated heterocycles. The summed E-state index contributed by atoms with van der Waals surface area (Å²) in [6.07, 6.45) is 6.75. The molecule has 24 heteroatoms. The molecule has 2 aliphatic heterocycles. The van der Waals surface area contributed by atoms with Crippen LogP contribution in [0.5, 0.6) is 5.75 Å². The molecule has 6 aromatic rings. The van der Waals surface area contributed by atoms with Gasteiger partial charge in [0.25, 0.3) is 11.8 Å². The van der Waals surface area contributed by atoms with Crippen molar-refractivity contribution in [3.63, 3.8) is 0 Å². The number of benzene rings is 1. The number of rotatable bonds is 21. The molecule has 1 aromatic carbocycles. The van der Waals surface area contributed by atoms with Gasteiger partial charge in [-0.2, -0.15) is 5.10 Å². The van der Waals surface area contributed by atoms with Crippen LogP contribution in [0.2, 0.25) is 0 Å². The van der Waals surface area contributed by atoms with E-state index in [1.54, 1.807) is 44.1 Å². The predicted octanol–water partition coefficient (Wildman–Crippen LogP) is 4.00. The summed E-state index contributed by atoms with van der Waals surface area (Å²) in [5.74, 6) is -1.02. The highest BCUT2D eigenvalue weighted by atomic mass is 32.1. The number of hydrogen-bond donors (Lipinski definition) is 5. The molecule has 0 unspecified atom stereocenters. The van der Waals surface area contributed by atoms with E-state index in [9.17, 15) is 24.0 Å². The topological polar surface area (TPSA) is 282 Å². The monoisotopic (exact) mass is 1020 g/mol. The van der Waals surface area contributed by atoms with Crippen molar-refractivity contribution in [2.24, 2.45) is 17.4 Å². The Hall–Kier alpha value is -7.15. The number of imidazole rings is 2. The lowest BCUT2D eigenvalue weighted by molar-refractivity contribution is -0.190. The van der Waals surface area contributed by atoms with Crippen LogP contribution in [0.4, 0.5) is 11.9 Å². The lowest BCUT2D eigenvalue weighted by Crippen LogP contribution is -2.71. The first-order valence-electron chi connectivity index (χ1n) is 24.4. The summed E-state index contributed by atoms with van der Waals surface area (Å²) in [7, 11) is 1.82. The number of allylic oxidation sites excluding steroid dienone is 2. The fourth-order valence-electron chi connectivity index (χ4n) is 9.40. The average Bonchev–Trinajstić information content (AvgIpc) is 4.11. The quantitative estimate of drug-likeness (QED) is 0.0387. The maximum Gasteiger partial charge on any atom is 0.295 e. The fraction of sp³-hybridized carbons (Fsp3) is 0.469. The van der Waals surface area contributed by atoms with Gasteiger partial charge in [-0.25, -0.2) is 24.2 Å². The highest BCUT2D eigenvalue weighted by Gasteiger charge is 2.48. The van der Waals surface area contributed by atoms with Crippen molar-refractivity contribution in [3.05, 3.63) is 82.5 Å². The van der Waals surface area contributed by atoms with E-state index in [0.29, 0.717) is 122 Å². The zero-order valence-electron chi connectivity index (χ0n) is 42.2. The van der Waals surface area contributed by atoms with Crippen molar-refractivity contribution in [3.8, 4) is 5.75 Å². The Bertz CT molecular complexity index is 3090. The summed E-state index contributed by atoms with van der Waals surface area (Å²) in [4.78, 5) is 88.3. The Balaban J connectivity index is 1.03. The van der Waals surface area contributed by atoms with E-state index in [-0.39, 0.29) is 60.4 Å². The van der Waals surface area contributed by atoms with Gasteiger partial charge in [0.2, 0.25) is 35.4 Å². The van der Waals surface area contributed by atoms with E-state index in [1.165, 1.54) is 18.3 Å². The lowest BCUT2D eigenvalue weighted by atomic mass is 9.91. The molecule has 1 atom stereocenters. The number of ether oxygens (including phenoxy) is 2. The largest absolute Gasteiger partial charge is 0.491 e. The summed E-state index contributed by atoms with van der Waals surface area (Å²) >= 11 is 4.50. The van der Waals surface area contributed by atoms with Gasteiger partial charge in [-0.1, -0.05) is 45.7 Å². The van der Waals surface area contributed by atoms with Gasteiger partial charge in [0, 0.05) is 64.5 Å². The fourth-order valence-corrected chi connectivity index (χ4v) is 9.59. The molecule has 5 amide bonds. The van der Waals surface area contributed by atoms with E-state index in [0.717, 1.165) is 0 Å². The Morgan fingerprint density at radius 2 is 1.60 bits per heavy atom. The highest BCUT2D eigenvalue weighted by molar-refractivity contribution is 7.77. The van der Waals surface area contributed by atoms with E-state index < -0.39 is 29.2 Å². The van der Waals surface area contributed by atoms with Crippen LogP contribution in [-0.2, 0) is 35.6 Å². The SMILES string of the molecule is CCc1nc(C)oc1C(=O)Nc1nc2cc(C(N)=O)cc(OCCCN3CC4(C3)CN(C(=O)[C@H](CC(C)C)N(C)S)CCO4)c2n1C/C=C/Cn1c(NC(=O)c2cc(C)nn2CC)nc2cc(C(N)=O)cnc21. The van der Waals surface area contributed by atoms with E-state index >= 15 is 0 Å². The molecule has 1 spiro atoms. The van der Waals surface area contributed by atoms with Crippen LogP contribution in [0, 0.1) is 19.8 Å². The summed E-state index contributed by atoms with van der Waals surface area (Å²) in [6, 6.07) is 5.97. The van der Waals surface area contributed by atoms with Crippen LogP contribution in [0.1, 0.15) is 99.6 Å². The van der Waals surface area contributed by atoms with Crippen molar-refractivity contribution in [2.75, 3.05) is 63.6 Å². The molecular weight excluding hydrogens is 959 g/mol. The second-order valence-electron chi connectivity index (χ2n) is 18.9. The molecule has 388 valence electrons. The van der Waals surface area contributed by atoms with Crippen LogP contribution < -0.4 is 26.8 Å². The zero-order valence-corrected chi connectivity index (χ0v) is 43.1. The number of fused-ring (bicyclic) bond motifs is 2. The van der Waals surface area contributed by atoms with Crippen LogP contribution in [0.3, 0.4) is 0 Å². The number of nitrogens with zero attached hydrogens (tertiary/aromatic N) is 11. The number of oxazole rings is 1. The maximum atomic E-state index is 13.9. The number of carbonyl (C=O) groups excluding carboxylic acids is 5. The van der Waals surface area contributed by atoms with E-state index in [4.69, 9.17) is 30.3 Å². The average molecular weight is 1020 g/mol. The minimum atomic E-state index is -0.694. The van der Waals surface area contributed by atoms with Gasteiger partial charge < -0.3 is 34.8 Å². The second kappa shape index (κ2) is 21.9. The molecule has 2 fully saturated rings. The first-order chi connectivity index (χ1) is 34.9. The Morgan fingerprint density at radius 1 is 0.918 bits per heavy atom. The number of morpholine rings is 1. The normalized spacial score (nSPS) is 15.2. The van der Waals surface area contributed by atoms with Gasteiger partial charge in [0.1, 0.15) is 28.1 Å². The molecule has 8 rings (SSSR count). The maximum absolute atomic E-state index is 13.9. The van der Waals surface area contributed by atoms with E-state index in [2.05, 4.69) is 62.2 Å². The number of likely N-dealkylation sites (N-methyl/N-ethyl adjacent to an activating group) is 1. The third kappa shape index (κ3) is 11.4. The number of hydrogen-bond acceptors (Lipinski definition) is 16. The molecule has 6 N–H and O–H groups in total. The minimum Gasteiger partial charge on any atom is -0.491 e. The minimum absolute atomic E-state index is 0.0421. The first-order valence-corrected chi connectivity index (χ1v) is 24.8. The number of aromatic nitrogens is 8. The third-order valence-corrected chi connectivity index (χ3v) is 13.1. The molecule has 0 saturated carbocycles. The molecule has 7 heterocycles. The van der Waals surface area contributed by atoms with Crippen LogP contribution in [-0.4, -0.2) is 147 Å². The van der Waals surface area contributed by atoms with Crippen molar-refractivity contribution >= 4 is 76.4 Å². The van der Waals surface area contributed by atoms with E-state index in [1.807, 2.05) is 37.9 Å². The van der Waals surface area contributed by atoms with Gasteiger partial charge in [-0.15, -0.1) is 0 Å². The van der Waals surface area contributed by atoms with Gasteiger partial charge in [0.05, 0.1) is 48.3 Å². The molecule has 0 radical (unpaired) electrons. The predicted molar refractivity (Wildman–Crippen MR) is 274 cm³/mol. The lowest BCUT2D eigenvalue weighted by Gasteiger charge is -2.54. The van der Waals surface area contributed by atoms with Crippen molar-refractivity contribution in [1.82, 2.24) is 53.0 Å². The molecule has 0 bridgehead atoms. The number of primary amides is 2. The van der Waals surface area contributed by atoms with Crippen molar-refractivity contribution in [2.45, 2.75) is 92.1 Å². The zero-order chi connectivity index (χ0) is 52.3. The number of nitrogens with one attached hydrogen (secondary N) is 2. The summed E-state index contributed by atoms with van der Waals surface area (Å²) < 4.78 is 25.2. The number of thiol groups is 1. The second-order valence-corrected chi connectivity index (χ2v) is 19.5. The van der Waals surface area contributed by atoms with Gasteiger partial charge in [-0.05, 0) is 70.3 Å². The molecule has 73 heavy (non-hydrogen) atoms. The van der Waals surface area contributed by atoms with Crippen molar-refractivity contribution < 1.29 is 37.9 Å². The molecule has 5 aromatic heterocycles. The Morgan fingerprint density at radius 3 is 2.29 bits per heavy atom. The molecule has 0 aliphatic carbocycles. The van der Waals surface area contributed by atoms with Gasteiger partial charge >= 0.3 is 0 Å². The number of anilines is 2. The van der Waals surface area contributed by atoms with Crippen LogP contribution in [0.25, 0.3) is 22.2 Å². The molecule has 2 aliphatic rings. The number of aryl methyl sites for hydroxylation is 4. The van der Waals surface area contributed by atoms with Crippen molar-refractivity contribution in [1.29, 1.82) is 0 Å². The summed E-state index contributed by atoms with van der Waals surface area (Å²) in [5, 5.41) is 10.2. The number of pyridine rings is 1. The number of amides is 5. The smallest absolute Gasteiger partial charge is 0.295 e. The Labute approximate surface area is 427 Å². The highest BCUT2D eigenvalue weighted by Crippen LogP contribution is 2.33. The molecule has 23 nitrogen and oxygen atoms in total. The number of nitrogens with two attached hydrogens (primary N) is 2. The number of carbonyl (C=O) groups is 5. The summed E-state index contributed by atoms with van der Waals surface area (Å²) in [6.45, 7) is 15.9. The Kier molecular flexibility index (Phi) is 15.7. The first kappa shape index (κ1) is 52.2. The number of likely N-dealkylation sites (tertiary alicyclic amines) is 1. The van der Waals surface area contributed by atoms with Crippen LogP contribution in [0.15, 0.2) is 47.0 Å². The summed E-state index contributed by atoms with van der Waals surface area (Å²) in [5.41, 5.74) is 14.3. The van der Waals surface area contributed by atoms with Gasteiger partial charge in [-0.3, -0.25) is 48.8 Å². The van der Waals surface area contributed by atoms with Gasteiger partial charge in [0.15, 0.2) is 11.5 Å². The standard InChI is InChI=1S/C49H63N15O8S/c1-8-33-40(72-30(6)53-33)45(68)57-47-54-34-21-31(41(50)65)23-38(70-17-12-13-60-25-49(26-60)27-61(16-18-71-49)46(69)37(59(7)73)19-28(3)4)39(34)62(47)14-10-11-15-63-43-35(22-32(24-52-43)42(51)66)55-48(63)56-44(67)36-20-29(5)58-64(36)9-2/h10-11,20-24,28,37,73H,8-9,12-19,25-27H2,1-7H3,(H2,50,65)(H2,51,66)(H,54,57,68)(H,55,56,67)/b11-10+/t37-/m0/s1. The third-order valence-electron chi connectivity index (χ3n) is 12.8. The van der Waals surface area contributed by atoms with Crippen LogP contribution >= 0.6 is 12.8 Å². The molecular formula is C49H63N15O8S.